The lowest BCUT2D eigenvalue weighted by Gasteiger charge is -2.33. The summed E-state index contributed by atoms with van der Waals surface area (Å²) in [5.41, 5.74) is 8.96. The van der Waals surface area contributed by atoms with E-state index in [9.17, 15) is 0 Å². The molecule has 0 aliphatic heterocycles. The molecule has 0 amide bonds. The predicted octanol–water partition coefficient (Wildman–Crippen LogP) is 1.48. The van der Waals surface area contributed by atoms with Crippen LogP contribution in [-0.4, -0.2) is 43.9 Å². The minimum absolute atomic E-state index is 0.00149. The minimum atomic E-state index is -0.00149. The number of likely N-dealkylation sites (N-methyl/N-ethyl adjacent to an activating group) is 1. The minimum Gasteiger partial charge on any atom is -0.369 e. The summed E-state index contributed by atoms with van der Waals surface area (Å²) >= 11 is 0. The zero-order chi connectivity index (χ0) is 14.4. The summed E-state index contributed by atoms with van der Waals surface area (Å²) in [6.45, 7) is 10.0. The van der Waals surface area contributed by atoms with Crippen molar-refractivity contribution in [1.82, 2.24) is 24.2 Å². The third-order valence-electron chi connectivity index (χ3n) is 3.88. The van der Waals surface area contributed by atoms with Gasteiger partial charge in [0.1, 0.15) is 5.52 Å². The van der Waals surface area contributed by atoms with Crippen LogP contribution in [0.3, 0.4) is 0 Å². The molecule has 0 saturated carbocycles. The van der Waals surface area contributed by atoms with Crippen LogP contribution < -0.4 is 5.73 Å². The number of aromatic nitrogens is 4. The van der Waals surface area contributed by atoms with Crippen molar-refractivity contribution in [3.05, 3.63) is 5.69 Å². The van der Waals surface area contributed by atoms with Crippen LogP contribution in [0.1, 0.15) is 26.5 Å². The number of hydrogen-bond acceptors (Lipinski definition) is 4. The van der Waals surface area contributed by atoms with Gasteiger partial charge < -0.3 is 10.6 Å². The highest BCUT2D eigenvalue weighted by molar-refractivity contribution is 5.77. The summed E-state index contributed by atoms with van der Waals surface area (Å²) in [6.07, 6.45) is 0. The summed E-state index contributed by atoms with van der Waals surface area (Å²) in [6, 6.07) is 0. The van der Waals surface area contributed by atoms with Crippen LogP contribution in [0.5, 0.6) is 0 Å². The van der Waals surface area contributed by atoms with Gasteiger partial charge in [0.25, 0.3) is 0 Å². The first-order valence-corrected chi connectivity index (χ1v) is 6.64. The molecule has 0 aromatic carbocycles. The number of aryl methyl sites for hydroxylation is 2. The Morgan fingerprint density at radius 2 is 1.95 bits per heavy atom. The van der Waals surface area contributed by atoms with E-state index in [1.807, 2.05) is 11.6 Å². The predicted molar refractivity (Wildman–Crippen MR) is 78.1 cm³/mol. The first-order chi connectivity index (χ1) is 8.77. The molecule has 6 nitrogen and oxygen atoms in total. The molecular formula is C13H24N6. The number of anilines is 1. The molecule has 19 heavy (non-hydrogen) atoms. The Hall–Kier alpha value is -1.56. The standard InChI is InChI=1S/C13H24N6/c1-7-19-11-10(9(2)16-19)15-12(14)18(11)8-13(3,4)17(5)6/h7-8H2,1-6H3,(H2,14,15). The fraction of sp³-hybridized carbons (Fsp3) is 0.692. The molecule has 0 unspecified atom stereocenters. The summed E-state index contributed by atoms with van der Waals surface area (Å²) in [7, 11) is 4.15. The van der Waals surface area contributed by atoms with Crippen LogP contribution in [-0.2, 0) is 13.1 Å². The van der Waals surface area contributed by atoms with E-state index in [0.717, 1.165) is 29.9 Å². The third kappa shape index (κ3) is 2.20. The Labute approximate surface area is 114 Å². The molecular weight excluding hydrogens is 240 g/mol. The van der Waals surface area contributed by atoms with Gasteiger partial charge in [-0.05, 0) is 41.8 Å². The average molecular weight is 264 g/mol. The molecule has 2 rings (SSSR count). The van der Waals surface area contributed by atoms with Gasteiger partial charge >= 0.3 is 0 Å². The number of hydrogen-bond donors (Lipinski definition) is 1. The van der Waals surface area contributed by atoms with Gasteiger partial charge in [-0.1, -0.05) is 0 Å². The molecule has 2 N–H and O–H groups in total. The monoisotopic (exact) mass is 264 g/mol. The molecule has 2 aromatic heterocycles. The smallest absolute Gasteiger partial charge is 0.202 e. The molecule has 2 heterocycles. The maximum Gasteiger partial charge on any atom is 0.202 e. The van der Waals surface area contributed by atoms with Crippen molar-refractivity contribution in [3.63, 3.8) is 0 Å². The zero-order valence-corrected chi connectivity index (χ0v) is 12.7. The highest BCUT2D eigenvalue weighted by atomic mass is 15.4. The Morgan fingerprint density at radius 3 is 2.47 bits per heavy atom. The molecule has 0 bridgehead atoms. The van der Waals surface area contributed by atoms with E-state index in [1.54, 1.807) is 0 Å². The first kappa shape index (κ1) is 13.9. The van der Waals surface area contributed by atoms with E-state index in [4.69, 9.17) is 5.73 Å². The number of fused-ring (bicyclic) bond motifs is 1. The van der Waals surface area contributed by atoms with Crippen LogP contribution in [0, 0.1) is 6.92 Å². The van der Waals surface area contributed by atoms with Crippen molar-refractivity contribution in [2.24, 2.45) is 0 Å². The lowest BCUT2D eigenvalue weighted by molar-refractivity contribution is 0.171. The van der Waals surface area contributed by atoms with Crippen molar-refractivity contribution in [2.45, 2.75) is 46.3 Å². The second kappa shape index (κ2) is 4.52. The summed E-state index contributed by atoms with van der Waals surface area (Å²) in [4.78, 5) is 6.66. The summed E-state index contributed by atoms with van der Waals surface area (Å²) in [5.74, 6) is 0.563. The van der Waals surface area contributed by atoms with E-state index in [0.29, 0.717) is 5.95 Å². The largest absolute Gasteiger partial charge is 0.369 e. The van der Waals surface area contributed by atoms with Crippen molar-refractivity contribution in [1.29, 1.82) is 0 Å². The molecule has 0 aliphatic carbocycles. The Bertz CT molecular complexity index is 590. The molecule has 106 valence electrons. The van der Waals surface area contributed by atoms with Gasteiger partial charge in [-0.2, -0.15) is 5.10 Å². The van der Waals surface area contributed by atoms with E-state index >= 15 is 0 Å². The van der Waals surface area contributed by atoms with Gasteiger partial charge in [0.05, 0.1) is 5.69 Å². The topological polar surface area (TPSA) is 64.9 Å². The number of nitrogens with zero attached hydrogens (tertiary/aromatic N) is 5. The Morgan fingerprint density at radius 1 is 1.32 bits per heavy atom. The molecule has 0 fully saturated rings. The van der Waals surface area contributed by atoms with Gasteiger partial charge in [0.15, 0.2) is 5.65 Å². The molecule has 2 aromatic rings. The van der Waals surface area contributed by atoms with Crippen LogP contribution >= 0.6 is 0 Å². The van der Waals surface area contributed by atoms with Crippen LogP contribution in [0.15, 0.2) is 0 Å². The van der Waals surface area contributed by atoms with Gasteiger partial charge in [-0.3, -0.25) is 4.57 Å². The normalized spacial score (nSPS) is 12.8. The number of imidazole rings is 1. The average Bonchev–Trinajstić information content (AvgIpc) is 2.78. The molecule has 0 radical (unpaired) electrons. The van der Waals surface area contributed by atoms with Crippen molar-refractivity contribution < 1.29 is 0 Å². The second-order valence-corrected chi connectivity index (χ2v) is 5.84. The lowest BCUT2D eigenvalue weighted by Crippen LogP contribution is -2.42. The molecule has 0 spiro atoms. The van der Waals surface area contributed by atoms with Crippen LogP contribution in [0.4, 0.5) is 5.95 Å². The third-order valence-corrected chi connectivity index (χ3v) is 3.88. The Balaban J connectivity index is 2.57. The lowest BCUT2D eigenvalue weighted by atomic mass is 10.0. The molecule has 0 atom stereocenters. The number of rotatable bonds is 4. The fourth-order valence-corrected chi connectivity index (χ4v) is 2.15. The van der Waals surface area contributed by atoms with E-state index in [2.05, 4.69) is 54.4 Å². The maximum atomic E-state index is 6.09. The van der Waals surface area contributed by atoms with Crippen molar-refractivity contribution in [2.75, 3.05) is 19.8 Å². The number of nitrogen functional groups attached to an aromatic ring is 1. The summed E-state index contributed by atoms with van der Waals surface area (Å²) < 4.78 is 4.04. The van der Waals surface area contributed by atoms with Crippen molar-refractivity contribution in [3.8, 4) is 0 Å². The van der Waals surface area contributed by atoms with Crippen LogP contribution in [0.25, 0.3) is 11.2 Å². The SMILES string of the molecule is CCn1nc(C)c2nc(N)n(CC(C)(C)N(C)C)c21. The Kier molecular flexibility index (Phi) is 3.30. The van der Waals surface area contributed by atoms with Gasteiger partial charge in [-0.25, -0.2) is 9.67 Å². The quantitative estimate of drug-likeness (QED) is 0.908. The molecule has 6 heteroatoms. The number of nitrogens with two attached hydrogens (primary N) is 1. The van der Waals surface area contributed by atoms with Gasteiger partial charge in [0.2, 0.25) is 5.95 Å². The van der Waals surface area contributed by atoms with E-state index in [1.165, 1.54) is 0 Å². The molecule has 0 aliphatic rings. The molecule has 0 saturated heterocycles. The zero-order valence-electron chi connectivity index (χ0n) is 12.7. The van der Waals surface area contributed by atoms with E-state index < -0.39 is 0 Å². The van der Waals surface area contributed by atoms with Gasteiger partial charge in [0, 0.05) is 18.6 Å². The highest BCUT2D eigenvalue weighted by Crippen LogP contribution is 2.24. The summed E-state index contributed by atoms with van der Waals surface area (Å²) in [5, 5.41) is 4.51. The fourth-order valence-electron chi connectivity index (χ4n) is 2.15. The van der Waals surface area contributed by atoms with Crippen molar-refractivity contribution >= 4 is 17.1 Å². The van der Waals surface area contributed by atoms with E-state index in [-0.39, 0.29) is 5.54 Å². The maximum absolute atomic E-state index is 6.09. The second-order valence-electron chi connectivity index (χ2n) is 5.84. The highest BCUT2D eigenvalue weighted by Gasteiger charge is 2.25. The van der Waals surface area contributed by atoms with Gasteiger partial charge in [-0.15, -0.1) is 0 Å². The first-order valence-electron chi connectivity index (χ1n) is 6.64. The van der Waals surface area contributed by atoms with Crippen LogP contribution in [0.2, 0.25) is 0 Å².